The Labute approximate surface area is 149 Å². The lowest BCUT2D eigenvalue weighted by Crippen LogP contribution is -2.45. The van der Waals surface area contributed by atoms with E-state index in [0.717, 1.165) is 11.0 Å². The van der Waals surface area contributed by atoms with Crippen LogP contribution in [0, 0.1) is 10.1 Å². The molecule has 26 heavy (non-hydrogen) atoms. The van der Waals surface area contributed by atoms with Gasteiger partial charge in [0, 0.05) is 33.4 Å². The number of amides is 3. The third-order valence-corrected chi connectivity index (χ3v) is 3.95. The number of fused-ring (bicyclic) bond motifs is 1. The Bertz CT molecular complexity index is 727. The summed E-state index contributed by atoms with van der Waals surface area (Å²) in [5, 5.41) is 11.1. The fourth-order valence-corrected chi connectivity index (χ4v) is 2.61. The molecule has 2 rings (SSSR count). The van der Waals surface area contributed by atoms with Crippen molar-refractivity contribution < 1.29 is 28.8 Å². The molecule has 0 spiro atoms. The van der Waals surface area contributed by atoms with E-state index in [2.05, 4.69) is 0 Å². The first-order valence-electron chi connectivity index (χ1n) is 7.81. The van der Waals surface area contributed by atoms with Gasteiger partial charge in [-0.1, -0.05) is 6.07 Å². The molecule has 0 aromatic heterocycles. The van der Waals surface area contributed by atoms with Crippen LogP contribution in [0.15, 0.2) is 18.2 Å². The molecule has 0 bridgehead atoms. The van der Waals surface area contributed by atoms with E-state index in [0.29, 0.717) is 0 Å². The molecule has 0 saturated heterocycles. The maximum absolute atomic E-state index is 12.5. The Balaban J connectivity index is 2.20. The molecule has 0 aliphatic carbocycles. The minimum Gasteiger partial charge on any atom is -0.383 e. The average Bonchev–Trinajstić information content (AvgIpc) is 2.86. The summed E-state index contributed by atoms with van der Waals surface area (Å²) in [5.41, 5.74) is -0.806. The van der Waals surface area contributed by atoms with Crippen LogP contribution in [0.5, 0.6) is 0 Å². The lowest BCUT2D eigenvalue weighted by atomic mass is 10.1. The standard InChI is InChI=1S/C16H19N3O7/c1-25-8-6-17(7-9-26-2)13(20)10-18-15(21)11-4-3-5-12(19(23)24)14(11)16(18)22/h3-5H,6-10H2,1-2H3. The Morgan fingerprint density at radius 1 is 1.15 bits per heavy atom. The van der Waals surface area contributed by atoms with Gasteiger partial charge in [0.15, 0.2) is 0 Å². The van der Waals surface area contributed by atoms with Gasteiger partial charge in [-0.2, -0.15) is 0 Å². The van der Waals surface area contributed by atoms with E-state index >= 15 is 0 Å². The number of benzene rings is 1. The predicted octanol–water partition coefficient (Wildman–Crippen LogP) is 0.312. The van der Waals surface area contributed by atoms with Crippen molar-refractivity contribution in [2.45, 2.75) is 0 Å². The molecular formula is C16H19N3O7. The molecular weight excluding hydrogens is 346 g/mol. The predicted molar refractivity (Wildman–Crippen MR) is 88.8 cm³/mol. The number of hydrogen-bond donors (Lipinski definition) is 0. The first-order valence-corrected chi connectivity index (χ1v) is 7.81. The molecule has 0 fully saturated rings. The molecule has 140 valence electrons. The van der Waals surface area contributed by atoms with Crippen LogP contribution in [0.2, 0.25) is 0 Å². The highest BCUT2D eigenvalue weighted by Crippen LogP contribution is 2.30. The topological polar surface area (TPSA) is 119 Å². The molecule has 1 aliphatic heterocycles. The summed E-state index contributed by atoms with van der Waals surface area (Å²) >= 11 is 0. The van der Waals surface area contributed by atoms with E-state index in [1.165, 1.54) is 31.3 Å². The van der Waals surface area contributed by atoms with Gasteiger partial charge in [0.05, 0.1) is 23.7 Å². The van der Waals surface area contributed by atoms with Crippen LogP contribution >= 0.6 is 0 Å². The van der Waals surface area contributed by atoms with Gasteiger partial charge in [0.25, 0.3) is 17.5 Å². The smallest absolute Gasteiger partial charge is 0.282 e. The second-order valence-corrected chi connectivity index (χ2v) is 5.52. The quantitative estimate of drug-likeness (QED) is 0.351. The summed E-state index contributed by atoms with van der Waals surface area (Å²) in [4.78, 5) is 50.0. The van der Waals surface area contributed by atoms with Crippen LogP contribution in [0.4, 0.5) is 5.69 Å². The Hall–Kier alpha value is -2.85. The van der Waals surface area contributed by atoms with Crippen molar-refractivity contribution in [1.82, 2.24) is 9.80 Å². The molecule has 0 unspecified atom stereocenters. The summed E-state index contributed by atoms with van der Waals surface area (Å²) in [7, 11) is 2.98. The first-order chi connectivity index (χ1) is 12.4. The third kappa shape index (κ3) is 3.86. The molecule has 0 saturated carbocycles. The summed E-state index contributed by atoms with van der Waals surface area (Å²) in [6.07, 6.45) is 0. The van der Waals surface area contributed by atoms with Gasteiger partial charge in [0.2, 0.25) is 5.91 Å². The molecule has 1 aromatic carbocycles. The van der Waals surface area contributed by atoms with Gasteiger partial charge in [-0.3, -0.25) is 29.4 Å². The van der Waals surface area contributed by atoms with Crippen LogP contribution in [0.25, 0.3) is 0 Å². The van der Waals surface area contributed by atoms with Gasteiger partial charge >= 0.3 is 0 Å². The Morgan fingerprint density at radius 3 is 2.31 bits per heavy atom. The number of rotatable bonds is 9. The van der Waals surface area contributed by atoms with Crippen molar-refractivity contribution in [3.05, 3.63) is 39.4 Å². The molecule has 1 heterocycles. The highest BCUT2D eigenvalue weighted by atomic mass is 16.6. The van der Waals surface area contributed by atoms with Crippen molar-refractivity contribution in [2.75, 3.05) is 47.1 Å². The monoisotopic (exact) mass is 365 g/mol. The zero-order valence-electron chi connectivity index (χ0n) is 14.5. The Kier molecular flexibility index (Phi) is 6.36. The summed E-state index contributed by atoms with van der Waals surface area (Å²) in [5.74, 6) is -2.04. The summed E-state index contributed by atoms with van der Waals surface area (Å²) < 4.78 is 9.90. The van der Waals surface area contributed by atoms with Crippen molar-refractivity contribution >= 4 is 23.4 Å². The lowest BCUT2D eigenvalue weighted by Gasteiger charge is -2.24. The third-order valence-electron chi connectivity index (χ3n) is 3.95. The first kappa shape index (κ1) is 19.5. The highest BCUT2D eigenvalue weighted by Gasteiger charge is 2.42. The molecule has 0 radical (unpaired) electrons. The minimum absolute atomic E-state index is 0.0719. The number of nitrogens with zero attached hydrogens (tertiary/aromatic N) is 3. The fraction of sp³-hybridized carbons (Fsp3) is 0.438. The number of nitro benzene ring substituents is 1. The van der Waals surface area contributed by atoms with Gasteiger partial charge in [0.1, 0.15) is 12.1 Å². The molecule has 0 N–H and O–H groups in total. The van der Waals surface area contributed by atoms with Gasteiger partial charge < -0.3 is 14.4 Å². The average molecular weight is 365 g/mol. The van der Waals surface area contributed by atoms with Crippen LogP contribution in [0.1, 0.15) is 20.7 Å². The number of nitro groups is 1. The number of hydrogen-bond acceptors (Lipinski definition) is 7. The van der Waals surface area contributed by atoms with E-state index in [9.17, 15) is 24.5 Å². The van der Waals surface area contributed by atoms with Gasteiger partial charge in [-0.05, 0) is 6.07 Å². The lowest BCUT2D eigenvalue weighted by molar-refractivity contribution is -0.385. The van der Waals surface area contributed by atoms with E-state index in [1.807, 2.05) is 0 Å². The van der Waals surface area contributed by atoms with Crippen LogP contribution in [0.3, 0.4) is 0 Å². The maximum atomic E-state index is 12.5. The SMILES string of the molecule is COCCN(CCOC)C(=O)CN1C(=O)c2cccc([N+](=O)[O-])c2C1=O. The maximum Gasteiger partial charge on any atom is 0.282 e. The number of ether oxygens (including phenoxy) is 2. The molecule has 3 amide bonds. The molecule has 1 aliphatic rings. The zero-order chi connectivity index (χ0) is 19.3. The van der Waals surface area contributed by atoms with Gasteiger partial charge in [-0.25, -0.2) is 0 Å². The Morgan fingerprint density at radius 2 is 1.77 bits per heavy atom. The van der Waals surface area contributed by atoms with Crippen molar-refractivity contribution in [3.63, 3.8) is 0 Å². The molecule has 0 atom stereocenters. The number of carbonyl (C=O) groups excluding carboxylic acids is 3. The minimum atomic E-state index is -0.843. The second kappa shape index (κ2) is 8.50. The van der Waals surface area contributed by atoms with Crippen molar-refractivity contribution in [2.24, 2.45) is 0 Å². The van der Waals surface area contributed by atoms with E-state index in [-0.39, 0.29) is 37.4 Å². The summed E-state index contributed by atoms with van der Waals surface area (Å²) in [6.45, 7) is 0.590. The van der Waals surface area contributed by atoms with E-state index in [1.54, 1.807) is 0 Å². The van der Waals surface area contributed by atoms with Crippen LogP contribution < -0.4 is 0 Å². The molecule has 10 nitrogen and oxygen atoms in total. The van der Waals surface area contributed by atoms with Crippen molar-refractivity contribution in [1.29, 1.82) is 0 Å². The normalized spacial score (nSPS) is 13.1. The fourth-order valence-electron chi connectivity index (χ4n) is 2.61. The van der Waals surface area contributed by atoms with Crippen LogP contribution in [-0.2, 0) is 14.3 Å². The zero-order valence-corrected chi connectivity index (χ0v) is 14.5. The largest absolute Gasteiger partial charge is 0.383 e. The number of methoxy groups -OCH3 is 2. The molecule has 1 aromatic rings. The molecule has 10 heteroatoms. The van der Waals surface area contributed by atoms with E-state index in [4.69, 9.17) is 9.47 Å². The summed E-state index contributed by atoms with van der Waals surface area (Å²) in [6, 6.07) is 3.82. The second-order valence-electron chi connectivity index (χ2n) is 5.52. The highest BCUT2D eigenvalue weighted by molar-refractivity contribution is 6.24. The van der Waals surface area contributed by atoms with Crippen molar-refractivity contribution in [3.8, 4) is 0 Å². The van der Waals surface area contributed by atoms with E-state index < -0.39 is 34.9 Å². The number of imide groups is 1. The van der Waals surface area contributed by atoms with Crippen LogP contribution in [-0.4, -0.2) is 79.5 Å². The van der Waals surface area contributed by atoms with Gasteiger partial charge in [-0.15, -0.1) is 0 Å². The number of carbonyl (C=O) groups is 3.